The van der Waals surface area contributed by atoms with E-state index in [0.29, 0.717) is 6.07 Å². The van der Waals surface area contributed by atoms with Crippen LogP contribution in [0.4, 0.5) is 25.8 Å². The van der Waals surface area contributed by atoms with E-state index in [1.165, 1.54) is 24.3 Å². The molecule has 8 heteroatoms. The van der Waals surface area contributed by atoms with Crippen LogP contribution in [0.15, 0.2) is 39.7 Å². The highest BCUT2D eigenvalue weighted by atomic mass is 79.9. The summed E-state index contributed by atoms with van der Waals surface area (Å²) < 4.78 is 50.1. The van der Waals surface area contributed by atoms with E-state index in [2.05, 4.69) is 21.2 Å². The Morgan fingerprint density at radius 3 is 2.43 bits per heavy atom. The highest BCUT2D eigenvalue weighted by Crippen LogP contribution is 2.32. The summed E-state index contributed by atoms with van der Waals surface area (Å²) in [6, 6.07) is 6.25. The van der Waals surface area contributed by atoms with Crippen molar-refractivity contribution in [1.82, 2.24) is 0 Å². The van der Waals surface area contributed by atoms with Gasteiger partial charge < -0.3 is 11.1 Å². The van der Waals surface area contributed by atoms with Gasteiger partial charge in [-0.1, -0.05) is 6.07 Å². The van der Waals surface area contributed by atoms with Crippen LogP contribution in [-0.4, -0.2) is 14.7 Å². The van der Waals surface area contributed by atoms with Gasteiger partial charge in [0, 0.05) is 12.3 Å². The van der Waals surface area contributed by atoms with Crippen LogP contribution in [0, 0.1) is 11.6 Å². The number of sulfone groups is 1. The Bertz CT molecular complexity index is 810. The number of nitrogens with two attached hydrogens (primary N) is 1. The summed E-state index contributed by atoms with van der Waals surface area (Å²) in [5.41, 5.74) is 5.95. The average Bonchev–Trinajstić information content (AvgIpc) is 2.36. The van der Waals surface area contributed by atoms with E-state index in [1.54, 1.807) is 0 Å². The predicted molar refractivity (Wildman–Crippen MR) is 81.3 cm³/mol. The minimum Gasteiger partial charge on any atom is -0.396 e. The average molecular weight is 377 g/mol. The Hall–Kier alpha value is -1.67. The van der Waals surface area contributed by atoms with E-state index in [-0.39, 0.29) is 26.4 Å². The van der Waals surface area contributed by atoms with Crippen molar-refractivity contribution in [3.63, 3.8) is 0 Å². The van der Waals surface area contributed by atoms with E-state index >= 15 is 0 Å². The van der Waals surface area contributed by atoms with Gasteiger partial charge in [0.1, 0.15) is 11.6 Å². The molecule has 4 nitrogen and oxygen atoms in total. The molecule has 0 aromatic heterocycles. The van der Waals surface area contributed by atoms with E-state index in [1.807, 2.05) is 0 Å². The topological polar surface area (TPSA) is 72.2 Å². The van der Waals surface area contributed by atoms with E-state index < -0.39 is 21.5 Å². The van der Waals surface area contributed by atoms with E-state index in [4.69, 9.17) is 5.73 Å². The first kappa shape index (κ1) is 15.7. The molecule has 0 aliphatic carbocycles. The third-order valence-corrected chi connectivity index (χ3v) is 4.51. The zero-order chi connectivity index (χ0) is 15.8. The molecule has 2 aromatic carbocycles. The fourth-order valence-corrected chi connectivity index (χ4v) is 2.92. The van der Waals surface area contributed by atoms with Crippen LogP contribution in [0.5, 0.6) is 0 Å². The molecule has 2 aromatic rings. The third-order valence-electron chi connectivity index (χ3n) is 2.74. The van der Waals surface area contributed by atoms with Gasteiger partial charge >= 0.3 is 0 Å². The molecule has 2 rings (SSSR count). The lowest BCUT2D eigenvalue weighted by Gasteiger charge is -2.13. The van der Waals surface area contributed by atoms with Gasteiger partial charge in [-0.15, -0.1) is 0 Å². The molecule has 0 fully saturated rings. The molecule has 0 aliphatic rings. The molecular weight excluding hydrogens is 366 g/mol. The summed E-state index contributed by atoms with van der Waals surface area (Å²) in [5.74, 6) is -1.56. The molecule has 0 bridgehead atoms. The Balaban J connectivity index is 2.49. The number of anilines is 3. The molecule has 0 atom stereocenters. The van der Waals surface area contributed by atoms with Crippen LogP contribution in [-0.2, 0) is 9.84 Å². The van der Waals surface area contributed by atoms with Crippen molar-refractivity contribution in [3.05, 3.63) is 46.4 Å². The summed E-state index contributed by atoms with van der Waals surface area (Å²) in [6.45, 7) is 0. The van der Waals surface area contributed by atoms with Gasteiger partial charge in [0.2, 0.25) is 0 Å². The summed E-state index contributed by atoms with van der Waals surface area (Å²) in [5, 5.41) is 2.66. The molecule has 112 valence electrons. The number of hydrogen-bond donors (Lipinski definition) is 2. The van der Waals surface area contributed by atoms with E-state index in [0.717, 1.165) is 6.26 Å². The SMILES string of the molecule is CS(=O)(=O)c1cccc(Nc2cc(Br)c(F)cc2F)c1N. The van der Waals surface area contributed by atoms with Crippen molar-refractivity contribution in [2.75, 3.05) is 17.3 Å². The van der Waals surface area contributed by atoms with E-state index in [9.17, 15) is 17.2 Å². The third kappa shape index (κ3) is 3.33. The van der Waals surface area contributed by atoms with Gasteiger partial charge in [0.15, 0.2) is 9.84 Å². The van der Waals surface area contributed by atoms with Gasteiger partial charge in [-0.3, -0.25) is 0 Å². The predicted octanol–water partition coefficient (Wildman–Crippen LogP) is 3.46. The number of benzene rings is 2. The van der Waals surface area contributed by atoms with Crippen molar-refractivity contribution < 1.29 is 17.2 Å². The van der Waals surface area contributed by atoms with Crippen molar-refractivity contribution in [1.29, 1.82) is 0 Å². The molecule has 0 aliphatic heterocycles. The fourth-order valence-electron chi connectivity index (χ4n) is 1.74. The summed E-state index contributed by atoms with van der Waals surface area (Å²) in [7, 11) is -3.50. The molecule has 3 N–H and O–H groups in total. The quantitative estimate of drug-likeness (QED) is 0.635. The van der Waals surface area contributed by atoms with Gasteiger partial charge in [0.25, 0.3) is 0 Å². The standard InChI is InChI=1S/C13H11BrF2N2O2S/c1-21(19,20)12-4-2-3-10(13(12)17)18-11-5-7(14)8(15)6-9(11)16/h2-6,18H,17H2,1H3. The first-order valence-electron chi connectivity index (χ1n) is 5.70. The minimum absolute atomic E-state index is 0.0272. The summed E-state index contributed by atoms with van der Waals surface area (Å²) in [4.78, 5) is -0.0610. The molecule has 0 radical (unpaired) electrons. The maximum atomic E-state index is 13.7. The molecule has 0 saturated carbocycles. The number of nitrogen functional groups attached to an aromatic ring is 1. The van der Waals surface area contributed by atoms with Crippen LogP contribution in [0.3, 0.4) is 0 Å². The number of halogens is 3. The summed E-state index contributed by atoms with van der Waals surface area (Å²) in [6.07, 6.45) is 1.03. The minimum atomic E-state index is -3.50. The normalized spacial score (nSPS) is 11.4. The number of nitrogens with one attached hydrogen (secondary N) is 1. The summed E-state index contributed by atoms with van der Waals surface area (Å²) >= 11 is 2.95. The van der Waals surface area contributed by atoms with Gasteiger partial charge in [0.05, 0.1) is 26.4 Å². The highest BCUT2D eigenvalue weighted by Gasteiger charge is 2.15. The molecule has 0 saturated heterocycles. The molecular formula is C13H11BrF2N2O2S. The number of rotatable bonds is 3. The molecule has 0 unspecified atom stereocenters. The van der Waals surface area contributed by atoms with Crippen LogP contribution in [0.25, 0.3) is 0 Å². The van der Waals surface area contributed by atoms with Crippen LogP contribution < -0.4 is 11.1 Å². The van der Waals surface area contributed by atoms with Crippen LogP contribution in [0.1, 0.15) is 0 Å². The van der Waals surface area contributed by atoms with Crippen LogP contribution >= 0.6 is 15.9 Å². The second-order valence-corrected chi connectivity index (χ2v) is 7.20. The number of para-hydroxylation sites is 1. The number of hydrogen-bond acceptors (Lipinski definition) is 4. The largest absolute Gasteiger partial charge is 0.396 e. The fraction of sp³-hybridized carbons (Fsp3) is 0.0769. The lowest BCUT2D eigenvalue weighted by Crippen LogP contribution is -2.06. The van der Waals surface area contributed by atoms with Crippen LogP contribution in [0.2, 0.25) is 0 Å². The molecule has 0 amide bonds. The van der Waals surface area contributed by atoms with Crippen molar-refractivity contribution in [2.45, 2.75) is 4.90 Å². The Morgan fingerprint density at radius 1 is 1.14 bits per heavy atom. The zero-order valence-electron chi connectivity index (χ0n) is 10.8. The molecule has 0 heterocycles. The Kier molecular flexibility index (Phi) is 4.20. The van der Waals surface area contributed by atoms with Gasteiger partial charge in [-0.2, -0.15) is 0 Å². The lowest BCUT2D eigenvalue weighted by atomic mass is 10.2. The van der Waals surface area contributed by atoms with Crippen molar-refractivity contribution in [3.8, 4) is 0 Å². The van der Waals surface area contributed by atoms with Gasteiger partial charge in [-0.05, 0) is 34.1 Å². The Morgan fingerprint density at radius 2 is 1.81 bits per heavy atom. The maximum absolute atomic E-state index is 13.7. The second kappa shape index (κ2) is 5.61. The maximum Gasteiger partial charge on any atom is 0.177 e. The second-order valence-electron chi connectivity index (χ2n) is 4.36. The highest BCUT2D eigenvalue weighted by molar-refractivity contribution is 9.10. The zero-order valence-corrected chi connectivity index (χ0v) is 13.2. The Labute approximate surface area is 129 Å². The monoisotopic (exact) mass is 376 g/mol. The lowest BCUT2D eigenvalue weighted by molar-refractivity contribution is 0.581. The molecule has 21 heavy (non-hydrogen) atoms. The smallest absolute Gasteiger partial charge is 0.177 e. The first-order valence-corrected chi connectivity index (χ1v) is 8.38. The van der Waals surface area contributed by atoms with Crippen molar-refractivity contribution >= 4 is 42.8 Å². The van der Waals surface area contributed by atoms with Crippen molar-refractivity contribution in [2.24, 2.45) is 0 Å². The first-order chi connectivity index (χ1) is 9.70. The molecule has 0 spiro atoms. The van der Waals surface area contributed by atoms with Gasteiger partial charge in [-0.25, -0.2) is 17.2 Å².